The summed E-state index contributed by atoms with van der Waals surface area (Å²) in [6, 6.07) is 7.77. The molecule has 5 nitrogen and oxygen atoms in total. The largest absolute Gasteiger partial charge is 0.395 e. The molecule has 0 atom stereocenters. The molecule has 104 valence electrons. The third kappa shape index (κ3) is 2.58. The fourth-order valence-electron chi connectivity index (χ4n) is 2.26. The van der Waals surface area contributed by atoms with Crippen molar-refractivity contribution in [2.45, 2.75) is 18.9 Å². The van der Waals surface area contributed by atoms with E-state index in [1.807, 2.05) is 35.2 Å². The molecule has 0 unspecified atom stereocenters. The highest BCUT2D eigenvalue weighted by atomic mass is 16.3. The highest BCUT2D eigenvalue weighted by Gasteiger charge is 2.32. The molecule has 1 N–H and O–H groups in total. The third-order valence-electron chi connectivity index (χ3n) is 3.45. The van der Waals surface area contributed by atoms with E-state index in [0.29, 0.717) is 18.2 Å². The zero-order chi connectivity index (χ0) is 13.9. The number of carbonyl (C=O) groups is 1. The number of rotatable bonds is 5. The Morgan fingerprint density at radius 3 is 2.65 bits per heavy atom. The second kappa shape index (κ2) is 5.46. The average Bonchev–Trinajstić information content (AvgIpc) is 3.17. The molecule has 0 spiro atoms. The van der Waals surface area contributed by atoms with Gasteiger partial charge in [-0.1, -0.05) is 0 Å². The van der Waals surface area contributed by atoms with E-state index >= 15 is 0 Å². The van der Waals surface area contributed by atoms with Crippen LogP contribution in [0.1, 0.15) is 23.2 Å². The smallest absolute Gasteiger partial charge is 0.255 e. The number of pyridine rings is 1. The monoisotopic (exact) mass is 271 g/mol. The Morgan fingerprint density at radius 2 is 2.10 bits per heavy atom. The van der Waals surface area contributed by atoms with Crippen LogP contribution in [-0.2, 0) is 0 Å². The minimum atomic E-state index is -0.0480. The lowest BCUT2D eigenvalue weighted by Gasteiger charge is -2.21. The van der Waals surface area contributed by atoms with Crippen molar-refractivity contribution in [3.63, 3.8) is 0 Å². The molecule has 2 aromatic heterocycles. The van der Waals surface area contributed by atoms with E-state index in [1.54, 1.807) is 17.2 Å². The molecule has 0 bridgehead atoms. The molecule has 0 aliphatic heterocycles. The molecule has 2 heterocycles. The molecule has 5 heteroatoms. The van der Waals surface area contributed by atoms with Gasteiger partial charge in [0, 0.05) is 31.2 Å². The van der Waals surface area contributed by atoms with Gasteiger partial charge in [-0.3, -0.25) is 4.79 Å². The Kier molecular flexibility index (Phi) is 3.52. The minimum absolute atomic E-state index is 0.00286. The van der Waals surface area contributed by atoms with E-state index in [9.17, 15) is 4.79 Å². The zero-order valence-electron chi connectivity index (χ0n) is 11.1. The summed E-state index contributed by atoms with van der Waals surface area (Å²) in [6.07, 6.45) is 7.48. The maximum Gasteiger partial charge on any atom is 0.255 e. The van der Waals surface area contributed by atoms with Crippen LogP contribution in [0.3, 0.4) is 0 Å². The average molecular weight is 271 g/mol. The number of nitrogens with zero attached hydrogens (tertiary/aromatic N) is 3. The molecule has 0 aromatic carbocycles. The van der Waals surface area contributed by atoms with Gasteiger partial charge in [-0.2, -0.15) is 0 Å². The standard InChI is InChI=1S/C15H17N3O2/c19-10-9-18(13-4-5-13)15(20)12-3-6-14(16-11-12)17-7-1-2-8-17/h1-3,6-8,11,13,19H,4-5,9-10H2. The molecule has 0 radical (unpaired) electrons. The van der Waals surface area contributed by atoms with Gasteiger partial charge in [-0.05, 0) is 37.1 Å². The van der Waals surface area contributed by atoms with Gasteiger partial charge in [0.25, 0.3) is 5.91 Å². The quantitative estimate of drug-likeness (QED) is 0.896. The number of hydrogen-bond donors (Lipinski definition) is 1. The predicted molar refractivity (Wildman–Crippen MR) is 74.7 cm³/mol. The van der Waals surface area contributed by atoms with Crippen LogP contribution >= 0.6 is 0 Å². The lowest BCUT2D eigenvalue weighted by Crippen LogP contribution is -2.35. The van der Waals surface area contributed by atoms with Crippen LogP contribution in [0.2, 0.25) is 0 Å². The van der Waals surface area contributed by atoms with Gasteiger partial charge in [0.15, 0.2) is 0 Å². The molecular formula is C15H17N3O2. The van der Waals surface area contributed by atoms with Crippen molar-refractivity contribution in [3.8, 4) is 5.82 Å². The predicted octanol–water partition coefficient (Wildman–Crippen LogP) is 1.47. The van der Waals surface area contributed by atoms with E-state index in [0.717, 1.165) is 18.7 Å². The fourth-order valence-corrected chi connectivity index (χ4v) is 2.26. The van der Waals surface area contributed by atoms with Gasteiger partial charge in [-0.15, -0.1) is 0 Å². The third-order valence-corrected chi connectivity index (χ3v) is 3.45. The Balaban J connectivity index is 1.78. The molecule has 1 fully saturated rings. The van der Waals surface area contributed by atoms with E-state index in [2.05, 4.69) is 4.98 Å². The summed E-state index contributed by atoms with van der Waals surface area (Å²) in [5, 5.41) is 9.07. The van der Waals surface area contributed by atoms with Gasteiger partial charge in [0.05, 0.1) is 12.2 Å². The Bertz CT molecular complexity index is 574. The highest BCUT2D eigenvalue weighted by molar-refractivity contribution is 5.94. The topological polar surface area (TPSA) is 58.4 Å². The van der Waals surface area contributed by atoms with Crippen LogP contribution in [0.25, 0.3) is 5.82 Å². The number of hydrogen-bond acceptors (Lipinski definition) is 3. The van der Waals surface area contributed by atoms with Crippen LogP contribution < -0.4 is 0 Å². The van der Waals surface area contributed by atoms with Crippen LogP contribution in [-0.4, -0.2) is 44.7 Å². The van der Waals surface area contributed by atoms with Crippen LogP contribution in [0.4, 0.5) is 0 Å². The summed E-state index contributed by atoms with van der Waals surface area (Å²) < 4.78 is 1.89. The molecule has 20 heavy (non-hydrogen) atoms. The number of amides is 1. The molecule has 3 rings (SSSR count). The maximum absolute atomic E-state index is 12.4. The first-order chi connectivity index (χ1) is 9.79. The molecule has 1 amide bonds. The van der Waals surface area contributed by atoms with Crippen molar-refractivity contribution >= 4 is 5.91 Å². The molecular weight excluding hydrogens is 254 g/mol. The molecule has 2 aromatic rings. The van der Waals surface area contributed by atoms with Crippen molar-refractivity contribution in [3.05, 3.63) is 48.4 Å². The van der Waals surface area contributed by atoms with Gasteiger partial charge >= 0.3 is 0 Å². The maximum atomic E-state index is 12.4. The van der Waals surface area contributed by atoms with Gasteiger partial charge in [-0.25, -0.2) is 4.98 Å². The first-order valence-electron chi connectivity index (χ1n) is 6.81. The number of carbonyl (C=O) groups excluding carboxylic acids is 1. The van der Waals surface area contributed by atoms with E-state index in [-0.39, 0.29) is 12.5 Å². The molecule has 1 aliphatic carbocycles. The fraction of sp³-hybridized carbons (Fsp3) is 0.333. The first kappa shape index (κ1) is 12.9. The molecule has 0 saturated heterocycles. The van der Waals surface area contributed by atoms with E-state index in [4.69, 9.17) is 5.11 Å². The Morgan fingerprint density at radius 1 is 1.35 bits per heavy atom. The SMILES string of the molecule is O=C(c1ccc(-n2cccc2)nc1)N(CCO)C1CC1. The number of aliphatic hydroxyl groups excluding tert-OH is 1. The normalized spacial score (nSPS) is 14.2. The van der Waals surface area contributed by atoms with E-state index < -0.39 is 0 Å². The Hall–Kier alpha value is -2.14. The summed E-state index contributed by atoms with van der Waals surface area (Å²) in [5.41, 5.74) is 0.571. The van der Waals surface area contributed by atoms with Crippen LogP contribution in [0, 0.1) is 0 Å². The van der Waals surface area contributed by atoms with Crippen molar-refractivity contribution in [1.82, 2.24) is 14.5 Å². The number of aliphatic hydroxyl groups is 1. The van der Waals surface area contributed by atoms with Crippen LogP contribution in [0.15, 0.2) is 42.9 Å². The van der Waals surface area contributed by atoms with Gasteiger partial charge < -0.3 is 14.6 Å². The summed E-state index contributed by atoms with van der Waals surface area (Å²) in [7, 11) is 0. The Labute approximate surface area is 117 Å². The lowest BCUT2D eigenvalue weighted by atomic mass is 10.2. The minimum Gasteiger partial charge on any atom is -0.395 e. The van der Waals surface area contributed by atoms with Crippen molar-refractivity contribution in [1.29, 1.82) is 0 Å². The molecule has 1 aliphatic rings. The van der Waals surface area contributed by atoms with Crippen molar-refractivity contribution in [2.24, 2.45) is 0 Å². The first-order valence-corrected chi connectivity index (χ1v) is 6.81. The number of aromatic nitrogens is 2. The van der Waals surface area contributed by atoms with Crippen molar-refractivity contribution in [2.75, 3.05) is 13.2 Å². The van der Waals surface area contributed by atoms with Gasteiger partial charge in [0.2, 0.25) is 0 Å². The summed E-state index contributed by atoms with van der Waals surface area (Å²) >= 11 is 0. The second-order valence-corrected chi connectivity index (χ2v) is 4.95. The zero-order valence-corrected chi connectivity index (χ0v) is 11.1. The van der Waals surface area contributed by atoms with E-state index in [1.165, 1.54) is 0 Å². The second-order valence-electron chi connectivity index (χ2n) is 4.95. The van der Waals surface area contributed by atoms with Crippen LogP contribution in [0.5, 0.6) is 0 Å². The lowest BCUT2D eigenvalue weighted by molar-refractivity contribution is 0.0707. The highest BCUT2D eigenvalue weighted by Crippen LogP contribution is 2.27. The summed E-state index contributed by atoms with van der Waals surface area (Å²) in [4.78, 5) is 18.4. The summed E-state index contributed by atoms with van der Waals surface area (Å²) in [6.45, 7) is 0.389. The summed E-state index contributed by atoms with van der Waals surface area (Å²) in [5.74, 6) is 0.736. The van der Waals surface area contributed by atoms with Crippen molar-refractivity contribution < 1.29 is 9.90 Å². The molecule has 1 saturated carbocycles. The van der Waals surface area contributed by atoms with Gasteiger partial charge in [0.1, 0.15) is 5.82 Å².